The molecule has 0 fully saturated rings. The van der Waals surface area contributed by atoms with E-state index in [-0.39, 0.29) is 4.90 Å². The molecule has 0 aliphatic rings. The van der Waals surface area contributed by atoms with Crippen molar-refractivity contribution in [2.75, 3.05) is 18.7 Å². The third kappa shape index (κ3) is 3.20. The second-order valence-corrected chi connectivity index (χ2v) is 5.17. The lowest BCUT2D eigenvalue weighted by Crippen LogP contribution is -1.99. The molecule has 0 atom stereocenters. The maximum atomic E-state index is 11.1. The van der Waals surface area contributed by atoms with E-state index in [2.05, 4.69) is 0 Å². The van der Waals surface area contributed by atoms with Crippen molar-refractivity contribution in [3.63, 3.8) is 0 Å². The molecule has 1 aromatic rings. The van der Waals surface area contributed by atoms with E-state index in [9.17, 15) is 8.42 Å². The van der Waals surface area contributed by atoms with Crippen LogP contribution in [-0.4, -0.2) is 27.2 Å². The average molecular weight is 235 g/mol. The molecule has 0 aliphatic heterocycles. The van der Waals surface area contributed by atoms with Gasteiger partial charge in [-0.2, -0.15) is 0 Å². The molecule has 78 valence electrons. The zero-order valence-corrected chi connectivity index (χ0v) is 9.31. The Morgan fingerprint density at radius 2 is 1.86 bits per heavy atom. The van der Waals surface area contributed by atoms with E-state index in [0.29, 0.717) is 18.2 Å². The molecule has 0 aliphatic carbocycles. The van der Waals surface area contributed by atoms with E-state index < -0.39 is 9.84 Å². The van der Waals surface area contributed by atoms with Crippen molar-refractivity contribution >= 4 is 21.4 Å². The van der Waals surface area contributed by atoms with Crippen LogP contribution in [0.4, 0.5) is 0 Å². The van der Waals surface area contributed by atoms with Crippen LogP contribution in [-0.2, 0) is 9.84 Å². The standard InChI is InChI=1S/C9H11ClO3S/c1-14(11,12)9-4-2-8(3-5-9)13-7-6-10/h2-5H,6-7H2,1H3. The molecule has 0 aromatic heterocycles. The normalized spacial score (nSPS) is 11.3. The van der Waals surface area contributed by atoms with Crippen molar-refractivity contribution in [2.45, 2.75) is 4.90 Å². The highest BCUT2D eigenvalue weighted by molar-refractivity contribution is 7.90. The molecule has 0 N–H and O–H groups in total. The number of ether oxygens (including phenoxy) is 1. The largest absolute Gasteiger partial charge is 0.492 e. The monoisotopic (exact) mass is 234 g/mol. The van der Waals surface area contributed by atoms with E-state index in [0.717, 1.165) is 0 Å². The summed E-state index contributed by atoms with van der Waals surface area (Å²) in [6, 6.07) is 6.25. The van der Waals surface area contributed by atoms with Crippen molar-refractivity contribution in [1.29, 1.82) is 0 Å². The van der Waals surface area contributed by atoms with Gasteiger partial charge in [0.1, 0.15) is 12.4 Å². The first kappa shape index (κ1) is 11.3. The van der Waals surface area contributed by atoms with E-state index in [1.165, 1.54) is 18.4 Å². The number of halogens is 1. The molecule has 0 saturated carbocycles. The predicted molar refractivity (Wildman–Crippen MR) is 55.8 cm³/mol. The Balaban J connectivity index is 2.79. The minimum atomic E-state index is -3.12. The first-order valence-corrected chi connectivity index (χ1v) is 6.45. The average Bonchev–Trinajstić information content (AvgIpc) is 2.14. The number of alkyl halides is 1. The van der Waals surface area contributed by atoms with Gasteiger partial charge in [-0.25, -0.2) is 8.42 Å². The lowest BCUT2D eigenvalue weighted by Gasteiger charge is -2.04. The summed E-state index contributed by atoms with van der Waals surface area (Å²) >= 11 is 5.43. The fourth-order valence-corrected chi connectivity index (χ4v) is 1.65. The molecule has 0 unspecified atom stereocenters. The minimum absolute atomic E-state index is 0.288. The lowest BCUT2D eigenvalue weighted by molar-refractivity contribution is 0.342. The quantitative estimate of drug-likeness (QED) is 0.745. The Bertz CT molecular complexity index is 383. The molecule has 1 rings (SSSR count). The van der Waals surface area contributed by atoms with Crippen LogP contribution in [0.5, 0.6) is 5.75 Å². The topological polar surface area (TPSA) is 43.4 Å². The summed E-state index contributed by atoms with van der Waals surface area (Å²) in [6.45, 7) is 0.416. The van der Waals surface area contributed by atoms with Gasteiger partial charge in [0.2, 0.25) is 0 Å². The first-order valence-electron chi connectivity index (χ1n) is 4.03. The van der Waals surface area contributed by atoms with Crippen molar-refractivity contribution < 1.29 is 13.2 Å². The Labute approximate surface area is 88.6 Å². The maximum Gasteiger partial charge on any atom is 0.175 e. The SMILES string of the molecule is CS(=O)(=O)c1ccc(OCCCl)cc1. The van der Waals surface area contributed by atoms with Gasteiger partial charge in [0, 0.05) is 6.26 Å². The second-order valence-electron chi connectivity index (χ2n) is 2.78. The summed E-state index contributed by atoms with van der Waals surface area (Å²) in [5.74, 6) is 1.03. The highest BCUT2D eigenvalue weighted by atomic mass is 35.5. The van der Waals surface area contributed by atoms with Gasteiger partial charge in [-0.1, -0.05) is 0 Å². The molecule has 0 spiro atoms. The van der Waals surface area contributed by atoms with Crippen molar-refractivity contribution in [1.82, 2.24) is 0 Å². The zero-order valence-electron chi connectivity index (χ0n) is 7.73. The van der Waals surface area contributed by atoms with Crippen LogP contribution in [0.2, 0.25) is 0 Å². The van der Waals surface area contributed by atoms with Gasteiger partial charge in [0.05, 0.1) is 10.8 Å². The molecule has 3 nitrogen and oxygen atoms in total. The number of sulfone groups is 1. The van der Waals surface area contributed by atoms with Crippen molar-refractivity contribution in [2.24, 2.45) is 0 Å². The summed E-state index contributed by atoms with van der Waals surface area (Å²) in [5, 5.41) is 0. The fourth-order valence-electron chi connectivity index (χ4n) is 0.939. The van der Waals surface area contributed by atoms with Crippen LogP contribution in [0.3, 0.4) is 0 Å². The van der Waals surface area contributed by atoms with E-state index in [1.807, 2.05) is 0 Å². The van der Waals surface area contributed by atoms with Gasteiger partial charge in [-0.3, -0.25) is 0 Å². The van der Waals surface area contributed by atoms with Gasteiger partial charge in [0.15, 0.2) is 9.84 Å². The molecule has 0 bridgehead atoms. The van der Waals surface area contributed by atoms with Gasteiger partial charge in [-0.05, 0) is 24.3 Å². The number of hydrogen-bond donors (Lipinski definition) is 0. The molecular formula is C9H11ClO3S. The Morgan fingerprint density at radius 3 is 2.29 bits per heavy atom. The van der Waals surface area contributed by atoms with Gasteiger partial charge in [-0.15, -0.1) is 11.6 Å². The number of rotatable bonds is 4. The highest BCUT2D eigenvalue weighted by Crippen LogP contribution is 2.15. The summed E-state index contributed by atoms with van der Waals surface area (Å²) < 4.78 is 27.4. The zero-order chi connectivity index (χ0) is 10.6. The van der Waals surface area contributed by atoms with Crippen LogP contribution >= 0.6 is 11.6 Å². The molecule has 0 amide bonds. The lowest BCUT2D eigenvalue weighted by atomic mass is 10.3. The van der Waals surface area contributed by atoms with E-state index >= 15 is 0 Å². The van der Waals surface area contributed by atoms with Crippen LogP contribution in [0.15, 0.2) is 29.2 Å². The Hall–Kier alpha value is -0.740. The summed E-state index contributed by atoms with van der Waals surface area (Å²) in [6.07, 6.45) is 1.17. The minimum Gasteiger partial charge on any atom is -0.492 e. The summed E-state index contributed by atoms with van der Waals surface area (Å²) in [7, 11) is -3.12. The Morgan fingerprint density at radius 1 is 1.29 bits per heavy atom. The second kappa shape index (κ2) is 4.66. The van der Waals surface area contributed by atoms with Crippen molar-refractivity contribution in [3.05, 3.63) is 24.3 Å². The molecule has 0 heterocycles. The molecule has 0 saturated heterocycles. The third-order valence-corrected chi connectivity index (χ3v) is 2.88. The van der Waals surface area contributed by atoms with Crippen LogP contribution in [0, 0.1) is 0 Å². The van der Waals surface area contributed by atoms with E-state index in [1.54, 1.807) is 12.1 Å². The predicted octanol–water partition coefficient (Wildman–Crippen LogP) is 1.71. The van der Waals surface area contributed by atoms with E-state index in [4.69, 9.17) is 16.3 Å². The molecule has 14 heavy (non-hydrogen) atoms. The fraction of sp³-hybridized carbons (Fsp3) is 0.333. The molecule has 1 aromatic carbocycles. The molecule has 5 heteroatoms. The third-order valence-electron chi connectivity index (χ3n) is 1.60. The Kier molecular flexibility index (Phi) is 3.77. The van der Waals surface area contributed by atoms with Crippen LogP contribution in [0.1, 0.15) is 0 Å². The molecule has 0 radical (unpaired) electrons. The summed E-state index contributed by atoms with van der Waals surface area (Å²) in [5.41, 5.74) is 0. The first-order chi connectivity index (χ1) is 6.54. The number of hydrogen-bond acceptors (Lipinski definition) is 3. The summed E-state index contributed by atoms with van der Waals surface area (Å²) in [4.78, 5) is 0.288. The highest BCUT2D eigenvalue weighted by Gasteiger charge is 2.05. The van der Waals surface area contributed by atoms with Gasteiger partial charge < -0.3 is 4.74 Å². The maximum absolute atomic E-state index is 11.1. The molecular weight excluding hydrogens is 224 g/mol. The van der Waals surface area contributed by atoms with Crippen LogP contribution in [0.25, 0.3) is 0 Å². The van der Waals surface area contributed by atoms with Crippen molar-refractivity contribution in [3.8, 4) is 5.75 Å². The van der Waals surface area contributed by atoms with Crippen LogP contribution < -0.4 is 4.74 Å². The van der Waals surface area contributed by atoms with Gasteiger partial charge in [0.25, 0.3) is 0 Å². The number of benzene rings is 1. The van der Waals surface area contributed by atoms with Gasteiger partial charge >= 0.3 is 0 Å². The smallest absolute Gasteiger partial charge is 0.175 e.